The first kappa shape index (κ1) is 16.1. The van der Waals surface area contributed by atoms with E-state index in [9.17, 15) is 4.79 Å². The number of benzene rings is 1. The number of ether oxygens (including phenoxy) is 1. The van der Waals surface area contributed by atoms with Gasteiger partial charge in [0, 0.05) is 5.69 Å². The topological polar surface area (TPSA) is 69.9 Å². The number of methoxy groups -OCH3 is 1. The van der Waals surface area contributed by atoms with E-state index >= 15 is 0 Å². The van der Waals surface area contributed by atoms with Crippen LogP contribution in [0.4, 0.5) is 0 Å². The Hall–Kier alpha value is -2.76. The van der Waals surface area contributed by atoms with Crippen molar-refractivity contribution in [2.24, 2.45) is 5.92 Å². The Balaban J connectivity index is 1.99. The van der Waals surface area contributed by atoms with Gasteiger partial charge >= 0.3 is 5.97 Å². The first-order chi connectivity index (χ1) is 11.5. The fourth-order valence-corrected chi connectivity index (χ4v) is 2.83. The van der Waals surface area contributed by atoms with Crippen LogP contribution in [-0.4, -0.2) is 32.8 Å². The predicted octanol–water partition coefficient (Wildman–Crippen LogP) is 2.78. The van der Waals surface area contributed by atoms with Gasteiger partial charge in [0.2, 0.25) is 0 Å². The number of rotatable bonds is 4. The number of aryl methyl sites for hydroxylation is 1. The number of nitrogens with zero attached hydrogens (tertiary/aromatic N) is 4. The normalized spacial score (nSPS) is 12.3. The third kappa shape index (κ3) is 2.87. The second-order valence-corrected chi connectivity index (χ2v) is 5.91. The lowest BCUT2D eigenvalue weighted by molar-refractivity contribution is -0.144. The van der Waals surface area contributed by atoms with Crippen molar-refractivity contribution in [3.05, 3.63) is 47.4 Å². The summed E-state index contributed by atoms with van der Waals surface area (Å²) < 4.78 is 6.60. The lowest BCUT2D eigenvalue weighted by atomic mass is 10.00. The number of para-hydroxylation sites is 2. The van der Waals surface area contributed by atoms with E-state index in [-0.39, 0.29) is 11.9 Å². The van der Waals surface area contributed by atoms with Crippen molar-refractivity contribution in [2.75, 3.05) is 7.11 Å². The molecule has 0 aliphatic rings. The first-order valence-electron chi connectivity index (χ1n) is 7.86. The molecule has 0 fully saturated rings. The minimum Gasteiger partial charge on any atom is -0.469 e. The maximum Gasteiger partial charge on any atom is 0.308 e. The van der Waals surface area contributed by atoms with E-state index in [2.05, 4.69) is 15.1 Å². The molecule has 6 nitrogen and oxygen atoms in total. The zero-order chi connectivity index (χ0) is 17.3. The van der Waals surface area contributed by atoms with Crippen LogP contribution in [-0.2, 0) is 16.0 Å². The average Bonchev–Trinajstić information content (AvgIpc) is 2.88. The molecule has 124 valence electrons. The summed E-state index contributed by atoms with van der Waals surface area (Å²) in [6.07, 6.45) is 2.31. The molecule has 0 bridgehead atoms. The Morgan fingerprint density at radius 3 is 2.67 bits per heavy atom. The molecule has 3 rings (SSSR count). The van der Waals surface area contributed by atoms with Crippen LogP contribution in [0.5, 0.6) is 0 Å². The van der Waals surface area contributed by atoms with Gasteiger partial charge in [0.05, 0.1) is 36.0 Å². The summed E-state index contributed by atoms with van der Waals surface area (Å²) in [5, 5.41) is 4.59. The number of aromatic nitrogens is 4. The van der Waals surface area contributed by atoms with Crippen LogP contribution in [0.25, 0.3) is 16.9 Å². The summed E-state index contributed by atoms with van der Waals surface area (Å²) in [7, 11) is 1.41. The highest BCUT2D eigenvalue weighted by atomic mass is 16.5. The second-order valence-electron chi connectivity index (χ2n) is 5.91. The van der Waals surface area contributed by atoms with Gasteiger partial charge in [-0.25, -0.2) is 9.67 Å². The summed E-state index contributed by atoms with van der Waals surface area (Å²) in [4.78, 5) is 20.8. The van der Waals surface area contributed by atoms with Crippen LogP contribution in [0.3, 0.4) is 0 Å². The van der Waals surface area contributed by atoms with E-state index in [4.69, 9.17) is 4.74 Å². The van der Waals surface area contributed by atoms with Gasteiger partial charge in [-0.15, -0.1) is 0 Å². The molecular formula is C18H20N4O2. The molecule has 0 aliphatic carbocycles. The van der Waals surface area contributed by atoms with E-state index < -0.39 is 0 Å². The van der Waals surface area contributed by atoms with Crippen molar-refractivity contribution in [1.29, 1.82) is 0 Å². The molecule has 24 heavy (non-hydrogen) atoms. The molecule has 0 radical (unpaired) electrons. The van der Waals surface area contributed by atoms with Crippen LogP contribution < -0.4 is 0 Å². The van der Waals surface area contributed by atoms with E-state index in [0.717, 1.165) is 28.0 Å². The predicted molar refractivity (Wildman–Crippen MR) is 91.0 cm³/mol. The Morgan fingerprint density at radius 2 is 1.96 bits per heavy atom. The monoisotopic (exact) mass is 324 g/mol. The van der Waals surface area contributed by atoms with Crippen molar-refractivity contribution in [3.8, 4) is 5.82 Å². The summed E-state index contributed by atoms with van der Waals surface area (Å²) >= 11 is 0. The Kier molecular flexibility index (Phi) is 4.29. The molecule has 0 amide bonds. The van der Waals surface area contributed by atoms with Crippen LogP contribution in [0.1, 0.15) is 23.9 Å². The quantitative estimate of drug-likeness (QED) is 0.690. The molecule has 0 N–H and O–H groups in total. The highest BCUT2D eigenvalue weighted by Crippen LogP contribution is 2.21. The number of carbonyl (C=O) groups is 1. The molecule has 2 aromatic heterocycles. The number of carbonyl (C=O) groups excluding carboxylic acids is 1. The van der Waals surface area contributed by atoms with Gasteiger partial charge < -0.3 is 4.74 Å². The van der Waals surface area contributed by atoms with Crippen molar-refractivity contribution >= 4 is 17.0 Å². The van der Waals surface area contributed by atoms with Gasteiger partial charge in [-0.05, 0) is 38.0 Å². The van der Waals surface area contributed by atoms with Crippen LogP contribution in [0.2, 0.25) is 0 Å². The maximum absolute atomic E-state index is 11.7. The van der Waals surface area contributed by atoms with Gasteiger partial charge in [-0.2, -0.15) is 5.10 Å². The van der Waals surface area contributed by atoms with E-state index in [1.165, 1.54) is 7.11 Å². The number of fused-ring (bicyclic) bond motifs is 1. The SMILES string of the molecule is COC(=O)C(C)Cc1c(C)nn(-c2cnc3ccccc3n2)c1C. The van der Waals surface area contributed by atoms with Crippen molar-refractivity contribution in [2.45, 2.75) is 27.2 Å². The summed E-state index contributed by atoms with van der Waals surface area (Å²) in [5.41, 5.74) is 4.57. The van der Waals surface area contributed by atoms with E-state index in [1.54, 1.807) is 10.9 Å². The third-order valence-electron chi connectivity index (χ3n) is 4.21. The maximum atomic E-state index is 11.7. The van der Waals surface area contributed by atoms with Crippen LogP contribution >= 0.6 is 0 Å². The zero-order valence-corrected chi connectivity index (χ0v) is 14.3. The molecule has 1 atom stereocenters. The fourth-order valence-electron chi connectivity index (χ4n) is 2.83. The number of hydrogen-bond donors (Lipinski definition) is 0. The van der Waals surface area contributed by atoms with E-state index in [0.29, 0.717) is 12.2 Å². The highest BCUT2D eigenvalue weighted by Gasteiger charge is 2.20. The third-order valence-corrected chi connectivity index (χ3v) is 4.21. The largest absolute Gasteiger partial charge is 0.469 e. The summed E-state index contributed by atoms with van der Waals surface area (Å²) in [5.74, 6) is 0.242. The zero-order valence-electron chi connectivity index (χ0n) is 14.3. The molecule has 0 saturated carbocycles. The summed E-state index contributed by atoms with van der Waals surface area (Å²) in [6.45, 7) is 5.78. The Labute approximate surface area is 140 Å². The lowest BCUT2D eigenvalue weighted by Crippen LogP contribution is -2.16. The molecule has 1 unspecified atom stereocenters. The molecule has 3 aromatic rings. The first-order valence-corrected chi connectivity index (χ1v) is 7.86. The van der Waals surface area contributed by atoms with Crippen molar-refractivity contribution in [1.82, 2.24) is 19.7 Å². The molecule has 0 saturated heterocycles. The molecule has 6 heteroatoms. The number of hydrogen-bond acceptors (Lipinski definition) is 5. The Morgan fingerprint density at radius 1 is 1.25 bits per heavy atom. The molecule has 2 heterocycles. The van der Waals surface area contributed by atoms with Gasteiger partial charge in [-0.1, -0.05) is 19.1 Å². The van der Waals surface area contributed by atoms with Crippen LogP contribution in [0, 0.1) is 19.8 Å². The van der Waals surface area contributed by atoms with Crippen molar-refractivity contribution in [3.63, 3.8) is 0 Å². The molecular weight excluding hydrogens is 304 g/mol. The molecule has 0 spiro atoms. The minimum atomic E-state index is -0.216. The summed E-state index contributed by atoms with van der Waals surface area (Å²) in [6, 6.07) is 7.73. The van der Waals surface area contributed by atoms with Crippen LogP contribution in [0.15, 0.2) is 30.5 Å². The standard InChI is InChI=1S/C18H20N4O2/c1-11(18(23)24-4)9-14-12(2)21-22(13(14)3)17-10-19-15-7-5-6-8-16(15)20-17/h5-8,10-11H,9H2,1-4H3. The lowest BCUT2D eigenvalue weighted by Gasteiger charge is -2.09. The second kappa shape index (κ2) is 6.39. The van der Waals surface area contributed by atoms with Gasteiger partial charge in [-0.3, -0.25) is 9.78 Å². The van der Waals surface area contributed by atoms with Gasteiger partial charge in [0.25, 0.3) is 0 Å². The molecule has 0 aliphatic heterocycles. The molecule has 1 aromatic carbocycles. The fraction of sp³-hybridized carbons (Fsp3) is 0.333. The Bertz CT molecular complexity index is 901. The highest BCUT2D eigenvalue weighted by molar-refractivity contribution is 5.74. The number of esters is 1. The van der Waals surface area contributed by atoms with Crippen molar-refractivity contribution < 1.29 is 9.53 Å². The average molecular weight is 324 g/mol. The minimum absolute atomic E-state index is 0.215. The van der Waals surface area contributed by atoms with Gasteiger partial charge in [0.15, 0.2) is 5.82 Å². The van der Waals surface area contributed by atoms with E-state index in [1.807, 2.05) is 45.0 Å². The smallest absolute Gasteiger partial charge is 0.308 e. The van der Waals surface area contributed by atoms with Gasteiger partial charge in [0.1, 0.15) is 0 Å².